The Morgan fingerprint density at radius 1 is 1.33 bits per heavy atom. The Labute approximate surface area is 107 Å². The van der Waals surface area contributed by atoms with Crippen molar-refractivity contribution in [1.82, 2.24) is 19.3 Å². The van der Waals surface area contributed by atoms with Gasteiger partial charge in [0.2, 0.25) is 0 Å². The van der Waals surface area contributed by atoms with Gasteiger partial charge in [0.1, 0.15) is 6.10 Å². The van der Waals surface area contributed by atoms with Gasteiger partial charge in [-0.05, 0) is 26.8 Å². The van der Waals surface area contributed by atoms with Crippen molar-refractivity contribution in [2.45, 2.75) is 46.4 Å². The lowest BCUT2D eigenvalue weighted by molar-refractivity contribution is 0.166. The zero-order valence-electron chi connectivity index (χ0n) is 11.2. The average molecular weight is 248 g/mol. The summed E-state index contributed by atoms with van der Waals surface area (Å²) in [4.78, 5) is 4.08. The van der Waals surface area contributed by atoms with Gasteiger partial charge in [-0.1, -0.05) is 0 Å². The van der Waals surface area contributed by atoms with Gasteiger partial charge >= 0.3 is 0 Å². The molecule has 1 N–H and O–H groups in total. The summed E-state index contributed by atoms with van der Waals surface area (Å²) in [6.45, 7) is 7.71. The molecule has 1 unspecified atom stereocenters. The first-order valence-electron chi connectivity index (χ1n) is 6.37. The molecule has 0 amide bonds. The van der Waals surface area contributed by atoms with Crippen molar-refractivity contribution < 1.29 is 5.11 Å². The molecule has 0 spiro atoms. The molecule has 0 aliphatic rings. The minimum atomic E-state index is -0.533. The van der Waals surface area contributed by atoms with Crippen molar-refractivity contribution in [3.8, 4) is 0 Å². The van der Waals surface area contributed by atoms with Gasteiger partial charge in [0.05, 0.1) is 23.9 Å². The Balaban J connectivity index is 2.18. The van der Waals surface area contributed by atoms with Crippen molar-refractivity contribution in [2.75, 3.05) is 0 Å². The lowest BCUT2D eigenvalue weighted by Gasteiger charge is -2.13. The monoisotopic (exact) mass is 248 g/mol. The van der Waals surface area contributed by atoms with Crippen molar-refractivity contribution >= 4 is 0 Å². The third kappa shape index (κ3) is 2.46. The second-order valence-corrected chi connectivity index (χ2v) is 4.42. The smallest absolute Gasteiger partial charge is 0.101 e. The molecule has 0 radical (unpaired) electrons. The molecule has 5 heteroatoms. The Morgan fingerprint density at radius 2 is 2.11 bits per heavy atom. The highest BCUT2D eigenvalue weighted by Gasteiger charge is 2.15. The van der Waals surface area contributed by atoms with E-state index in [4.69, 9.17) is 0 Å². The number of hydrogen-bond donors (Lipinski definition) is 1. The van der Waals surface area contributed by atoms with Crippen molar-refractivity contribution in [1.29, 1.82) is 0 Å². The predicted molar refractivity (Wildman–Crippen MR) is 69.2 cm³/mol. The molecule has 0 saturated carbocycles. The maximum atomic E-state index is 10.3. The van der Waals surface area contributed by atoms with Crippen LogP contribution in [0.5, 0.6) is 0 Å². The fourth-order valence-corrected chi connectivity index (χ4v) is 2.21. The third-order valence-corrected chi connectivity index (χ3v) is 3.11. The first kappa shape index (κ1) is 12.8. The number of imidazole rings is 1. The lowest BCUT2D eigenvalue weighted by atomic mass is 10.1. The van der Waals surface area contributed by atoms with Gasteiger partial charge in [-0.15, -0.1) is 0 Å². The van der Waals surface area contributed by atoms with E-state index >= 15 is 0 Å². The van der Waals surface area contributed by atoms with Crippen molar-refractivity contribution in [3.63, 3.8) is 0 Å². The molecule has 0 aliphatic heterocycles. The van der Waals surface area contributed by atoms with Crippen LogP contribution in [0.15, 0.2) is 18.6 Å². The van der Waals surface area contributed by atoms with E-state index in [0.717, 1.165) is 30.2 Å². The molecule has 98 valence electrons. The number of rotatable bonds is 5. The summed E-state index contributed by atoms with van der Waals surface area (Å²) in [5, 5.41) is 14.7. The van der Waals surface area contributed by atoms with E-state index in [-0.39, 0.29) is 0 Å². The molecule has 5 nitrogen and oxygen atoms in total. The van der Waals surface area contributed by atoms with Crippen molar-refractivity contribution in [2.24, 2.45) is 0 Å². The molecular weight excluding hydrogens is 228 g/mol. The normalized spacial score (nSPS) is 12.9. The molecule has 2 rings (SSSR count). The summed E-state index contributed by atoms with van der Waals surface area (Å²) >= 11 is 0. The SMILES string of the molecule is CCn1cncc1C(O)Cc1cc(C)nn1CC. The van der Waals surface area contributed by atoms with E-state index < -0.39 is 6.10 Å². The van der Waals surface area contributed by atoms with Crippen LogP contribution in [-0.4, -0.2) is 24.4 Å². The summed E-state index contributed by atoms with van der Waals surface area (Å²) in [6, 6.07) is 2.03. The minimum Gasteiger partial charge on any atom is -0.386 e. The van der Waals surface area contributed by atoms with Crippen LogP contribution in [0.25, 0.3) is 0 Å². The Kier molecular flexibility index (Phi) is 3.81. The largest absolute Gasteiger partial charge is 0.386 e. The number of aryl methyl sites for hydroxylation is 3. The van der Waals surface area contributed by atoms with Crippen LogP contribution in [-0.2, 0) is 19.5 Å². The van der Waals surface area contributed by atoms with Crippen molar-refractivity contribution in [3.05, 3.63) is 35.7 Å². The fraction of sp³-hybridized carbons (Fsp3) is 0.538. The summed E-state index contributed by atoms with van der Waals surface area (Å²) in [6.07, 6.45) is 3.52. The molecule has 2 aromatic heterocycles. The van der Waals surface area contributed by atoms with Crippen LogP contribution in [0, 0.1) is 6.92 Å². The Hall–Kier alpha value is -1.62. The van der Waals surface area contributed by atoms with E-state index in [9.17, 15) is 5.11 Å². The maximum Gasteiger partial charge on any atom is 0.101 e. The van der Waals surface area contributed by atoms with Gasteiger partial charge in [-0.2, -0.15) is 5.10 Å². The molecule has 0 fully saturated rings. The van der Waals surface area contributed by atoms with Gasteiger partial charge in [0.25, 0.3) is 0 Å². The predicted octanol–water partition coefficient (Wildman–Crippen LogP) is 1.70. The van der Waals surface area contributed by atoms with Crippen LogP contribution >= 0.6 is 0 Å². The highest BCUT2D eigenvalue weighted by Crippen LogP contribution is 2.18. The number of aromatic nitrogens is 4. The molecule has 1 atom stereocenters. The second kappa shape index (κ2) is 5.35. The summed E-state index contributed by atoms with van der Waals surface area (Å²) in [7, 11) is 0. The standard InChI is InChI=1S/C13H20N4O/c1-4-16-9-14-8-12(16)13(18)7-11-6-10(3)15-17(11)5-2/h6,8-9,13,18H,4-5,7H2,1-3H3. The molecule has 0 saturated heterocycles. The van der Waals surface area contributed by atoms with Gasteiger partial charge in [0, 0.05) is 25.2 Å². The number of aliphatic hydroxyl groups is 1. The average Bonchev–Trinajstić information content (AvgIpc) is 2.95. The number of aliphatic hydroxyl groups excluding tert-OH is 1. The lowest BCUT2D eigenvalue weighted by Crippen LogP contribution is -2.11. The van der Waals surface area contributed by atoms with Crippen LogP contribution in [0.4, 0.5) is 0 Å². The zero-order valence-corrected chi connectivity index (χ0v) is 11.2. The zero-order chi connectivity index (χ0) is 13.1. The molecule has 0 aliphatic carbocycles. The summed E-state index contributed by atoms with van der Waals surface area (Å²) < 4.78 is 3.90. The van der Waals surface area contributed by atoms with Gasteiger partial charge < -0.3 is 9.67 Å². The number of nitrogens with zero attached hydrogens (tertiary/aromatic N) is 4. The third-order valence-electron chi connectivity index (χ3n) is 3.11. The quantitative estimate of drug-likeness (QED) is 0.876. The topological polar surface area (TPSA) is 55.9 Å². The maximum absolute atomic E-state index is 10.3. The van der Waals surface area contributed by atoms with E-state index in [1.165, 1.54) is 0 Å². The fourth-order valence-electron chi connectivity index (χ4n) is 2.21. The molecule has 2 heterocycles. The van der Waals surface area contributed by atoms with Crippen LogP contribution in [0.1, 0.15) is 37.0 Å². The minimum absolute atomic E-state index is 0.533. The first-order chi connectivity index (χ1) is 8.65. The summed E-state index contributed by atoms with van der Waals surface area (Å²) in [5.74, 6) is 0. The van der Waals surface area contributed by atoms with Crippen LogP contribution in [0.2, 0.25) is 0 Å². The van der Waals surface area contributed by atoms with Gasteiger partial charge in [-0.25, -0.2) is 4.98 Å². The van der Waals surface area contributed by atoms with E-state index in [1.54, 1.807) is 12.5 Å². The molecule has 0 bridgehead atoms. The Morgan fingerprint density at radius 3 is 2.78 bits per heavy atom. The van der Waals surface area contributed by atoms with E-state index in [2.05, 4.69) is 17.0 Å². The van der Waals surface area contributed by atoms with Crippen LogP contribution in [0.3, 0.4) is 0 Å². The molecule has 0 aromatic carbocycles. The second-order valence-electron chi connectivity index (χ2n) is 4.42. The first-order valence-corrected chi connectivity index (χ1v) is 6.37. The Bertz CT molecular complexity index is 515. The molecular formula is C13H20N4O. The van der Waals surface area contributed by atoms with Gasteiger partial charge in [0.15, 0.2) is 0 Å². The van der Waals surface area contributed by atoms with Gasteiger partial charge in [-0.3, -0.25) is 4.68 Å². The van der Waals surface area contributed by atoms with E-state index in [1.807, 2.05) is 29.2 Å². The highest BCUT2D eigenvalue weighted by atomic mass is 16.3. The van der Waals surface area contributed by atoms with Crippen LogP contribution < -0.4 is 0 Å². The molecule has 18 heavy (non-hydrogen) atoms. The van der Waals surface area contributed by atoms with E-state index in [0.29, 0.717) is 6.42 Å². The summed E-state index contributed by atoms with van der Waals surface area (Å²) in [5.41, 5.74) is 2.91. The number of hydrogen-bond acceptors (Lipinski definition) is 3. The molecule has 2 aromatic rings. The highest BCUT2D eigenvalue weighted by molar-refractivity contribution is 5.13.